The molecule has 3 nitrogen and oxygen atoms in total. The number of pyridine rings is 1. The first-order valence-electron chi connectivity index (χ1n) is 5.93. The number of aromatic nitrogens is 1. The summed E-state index contributed by atoms with van der Waals surface area (Å²) in [5.74, 6) is 5.40. The van der Waals surface area contributed by atoms with Crippen LogP contribution in [-0.2, 0) is 17.5 Å². The average Bonchev–Trinajstić information content (AvgIpc) is 2.45. The van der Waals surface area contributed by atoms with E-state index >= 15 is 0 Å². The third kappa shape index (κ3) is 4.26. The summed E-state index contributed by atoms with van der Waals surface area (Å²) in [4.78, 5) is 3.89. The van der Waals surface area contributed by atoms with E-state index in [1.165, 1.54) is 6.07 Å². The third-order valence-electron chi connectivity index (χ3n) is 2.63. The van der Waals surface area contributed by atoms with Crippen LogP contribution in [0.1, 0.15) is 16.7 Å². The monoisotopic (exact) mass is 289 g/mol. The molecule has 20 heavy (non-hydrogen) atoms. The number of nitrogens with zero attached hydrogens (tertiary/aromatic N) is 1. The van der Waals surface area contributed by atoms with E-state index in [0.717, 1.165) is 5.56 Å². The zero-order valence-corrected chi connectivity index (χ0v) is 11.4. The molecule has 2 rings (SSSR count). The molecule has 1 aromatic carbocycles. The minimum absolute atomic E-state index is 0.0267. The molecule has 0 aliphatic heterocycles. The molecule has 2 aromatic rings. The molecule has 1 aromatic heterocycles. The van der Waals surface area contributed by atoms with Gasteiger partial charge in [-0.05, 0) is 36.2 Å². The molecule has 0 radical (unpaired) electrons. The van der Waals surface area contributed by atoms with Crippen LogP contribution in [0.15, 0.2) is 42.7 Å². The molecule has 0 fully saturated rings. The van der Waals surface area contributed by atoms with Gasteiger partial charge in [-0.2, -0.15) is 0 Å². The van der Waals surface area contributed by atoms with Gasteiger partial charge in [0, 0.05) is 23.5 Å². The van der Waals surface area contributed by atoms with Crippen LogP contribution in [-0.4, -0.2) is 19.5 Å². The van der Waals surface area contributed by atoms with Crippen molar-refractivity contribution in [2.75, 3.05) is 5.75 Å². The zero-order valence-electron chi connectivity index (χ0n) is 10.5. The largest absolute Gasteiger partial charge is 0.306 e. The second kappa shape index (κ2) is 6.94. The number of halogens is 1. The third-order valence-corrected chi connectivity index (χ3v) is 3.18. The quantitative estimate of drug-likeness (QED) is 0.697. The number of rotatable bonds is 3. The van der Waals surface area contributed by atoms with Gasteiger partial charge in [-0.25, -0.2) is 8.60 Å². The second-order valence-corrected chi connectivity index (χ2v) is 5.12. The summed E-state index contributed by atoms with van der Waals surface area (Å²) in [6, 6.07) is 8.18. The SMILES string of the molecule is O=S(O)CCc1ccc(C#Cc2ccncc2)cc1F. The minimum Gasteiger partial charge on any atom is -0.306 e. The summed E-state index contributed by atoms with van der Waals surface area (Å²) in [5.41, 5.74) is 1.79. The first-order chi connectivity index (χ1) is 9.65. The predicted octanol–water partition coefficient (Wildman–Crippen LogP) is 2.38. The Hall–Kier alpha value is -2.03. The Morgan fingerprint density at radius 3 is 2.50 bits per heavy atom. The first-order valence-corrected chi connectivity index (χ1v) is 7.20. The summed E-state index contributed by atoms with van der Waals surface area (Å²) in [6.45, 7) is 0. The Morgan fingerprint density at radius 1 is 1.15 bits per heavy atom. The maximum Gasteiger partial charge on any atom is 0.153 e. The van der Waals surface area contributed by atoms with Crippen molar-refractivity contribution < 1.29 is 13.2 Å². The lowest BCUT2D eigenvalue weighted by molar-refractivity contribution is 0.562. The molecule has 0 saturated carbocycles. The number of hydrogen-bond donors (Lipinski definition) is 1. The van der Waals surface area contributed by atoms with E-state index in [-0.39, 0.29) is 12.2 Å². The standard InChI is InChI=1S/C15H12FNO2S/c16-15-11-13(2-1-12-5-8-17-9-6-12)3-4-14(15)7-10-20(18)19/h3-6,8-9,11H,7,10H2,(H,18,19). The number of benzene rings is 1. The Morgan fingerprint density at radius 2 is 1.85 bits per heavy atom. The van der Waals surface area contributed by atoms with E-state index in [2.05, 4.69) is 16.8 Å². The van der Waals surface area contributed by atoms with Gasteiger partial charge >= 0.3 is 0 Å². The van der Waals surface area contributed by atoms with Crippen LogP contribution in [0.5, 0.6) is 0 Å². The maximum absolute atomic E-state index is 13.8. The Bertz CT molecular complexity index is 677. The molecule has 5 heteroatoms. The van der Waals surface area contributed by atoms with Crippen molar-refractivity contribution in [3.8, 4) is 11.8 Å². The molecule has 0 spiro atoms. The molecule has 1 unspecified atom stereocenters. The average molecular weight is 289 g/mol. The van der Waals surface area contributed by atoms with Crippen molar-refractivity contribution >= 4 is 11.1 Å². The zero-order chi connectivity index (χ0) is 14.4. The van der Waals surface area contributed by atoms with Gasteiger partial charge < -0.3 is 4.55 Å². The van der Waals surface area contributed by atoms with E-state index in [9.17, 15) is 8.60 Å². The van der Waals surface area contributed by atoms with Crippen molar-refractivity contribution in [3.63, 3.8) is 0 Å². The van der Waals surface area contributed by atoms with E-state index in [1.807, 2.05) is 0 Å². The fraction of sp³-hybridized carbons (Fsp3) is 0.133. The number of hydrogen-bond acceptors (Lipinski definition) is 2. The summed E-state index contributed by atoms with van der Waals surface area (Å²) >= 11 is -1.91. The van der Waals surface area contributed by atoms with E-state index in [4.69, 9.17) is 4.55 Å². The Kier molecular flexibility index (Phi) is 4.99. The summed E-state index contributed by atoms with van der Waals surface area (Å²) < 4.78 is 33.0. The van der Waals surface area contributed by atoms with E-state index < -0.39 is 16.9 Å². The van der Waals surface area contributed by atoms with Crippen LogP contribution in [0.25, 0.3) is 0 Å². The fourth-order valence-electron chi connectivity index (χ4n) is 1.60. The number of aryl methyl sites for hydroxylation is 1. The summed E-state index contributed by atoms with van der Waals surface area (Å²) in [7, 11) is 0. The molecule has 1 N–H and O–H groups in total. The first kappa shape index (κ1) is 14.4. The second-order valence-electron chi connectivity index (χ2n) is 4.07. The smallest absolute Gasteiger partial charge is 0.153 e. The van der Waals surface area contributed by atoms with Gasteiger partial charge in [-0.3, -0.25) is 4.98 Å². The van der Waals surface area contributed by atoms with Gasteiger partial charge in [0.25, 0.3) is 0 Å². The van der Waals surface area contributed by atoms with Crippen molar-refractivity contribution in [2.45, 2.75) is 6.42 Å². The highest BCUT2D eigenvalue weighted by atomic mass is 32.2. The van der Waals surface area contributed by atoms with Crippen LogP contribution in [0.4, 0.5) is 4.39 Å². The topological polar surface area (TPSA) is 50.2 Å². The molecule has 1 atom stereocenters. The molecule has 1 heterocycles. The Labute approximate surface area is 119 Å². The maximum atomic E-state index is 13.8. The van der Waals surface area contributed by atoms with Crippen molar-refractivity contribution in [1.29, 1.82) is 0 Å². The van der Waals surface area contributed by atoms with Gasteiger partial charge in [0.1, 0.15) is 5.82 Å². The van der Waals surface area contributed by atoms with Crippen LogP contribution in [0.3, 0.4) is 0 Å². The van der Waals surface area contributed by atoms with Crippen molar-refractivity contribution in [1.82, 2.24) is 4.98 Å². The summed E-state index contributed by atoms with van der Waals surface area (Å²) in [6.07, 6.45) is 3.51. The molecule has 0 amide bonds. The molecular weight excluding hydrogens is 277 g/mol. The molecule has 0 aliphatic rings. The van der Waals surface area contributed by atoms with Gasteiger partial charge in [-0.15, -0.1) is 0 Å². The highest BCUT2D eigenvalue weighted by molar-refractivity contribution is 7.79. The molecule has 0 bridgehead atoms. The van der Waals surface area contributed by atoms with Crippen molar-refractivity contribution in [3.05, 3.63) is 65.2 Å². The van der Waals surface area contributed by atoms with Crippen LogP contribution < -0.4 is 0 Å². The van der Waals surface area contributed by atoms with E-state index in [0.29, 0.717) is 11.1 Å². The molecule has 0 aliphatic carbocycles. The van der Waals surface area contributed by atoms with Crippen LogP contribution in [0.2, 0.25) is 0 Å². The Balaban J connectivity index is 2.13. The normalized spacial score (nSPS) is 11.5. The molecular formula is C15H12FNO2S. The van der Waals surface area contributed by atoms with Gasteiger partial charge in [0.2, 0.25) is 0 Å². The van der Waals surface area contributed by atoms with Crippen LogP contribution in [0, 0.1) is 17.7 Å². The van der Waals surface area contributed by atoms with E-state index in [1.54, 1.807) is 36.7 Å². The lowest BCUT2D eigenvalue weighted by Crippen LogP contribution is -2.01. The highest BCUT2D eigenvalue weighted by Crippen LogP contribution is 2.11. The van der Waals surface area contributed by atoms with Gasteiger partial charge in [0.05, 0.1) is 5.75 Å². The highest BCUT2D eigenvalue weighted by Gasteiger charge is 2.04. The van der Waals surface area contributed by atoms with Gasteiger partial charge in [-0.1, -0.05) is 17.9 Å². The minimum atomic E-state index is -1.91. The molecule has 0 saturated heterocycles. The summed E-state index contributed by atoms with van der Waals surface area (Å²) in [5, 5.41) is 0. The van der Waals surface area contributed by atoms with Crippen LogP contribution >= 0.6 is 0 Å². The fourth-order valence-corrected chi connectivity index (χ4v) is 2.00. The predicted molar refractivity (Wildman–Crippen MR) is 76.0 cm³/mol. The molecule has 102 valence electrons. The van der Waals surface area contributed by atoms with Crippen molar-refractivity contribution in [2.24, 2.45) is 0 Å². The lowest BCUT2D eigenvalue weighted by atomic mass is 10.1. The van der Waals surface area contributed by atoms with Gasteiger partial charge in [0.15, 0.2) is 11.1 Å². The lowest BCUT2D eigenvalue weighted by Gasteiger charge is -2.01.